The van der Waals surface area contributed by atoms with E-state index in [1.807, 2.05) is 0 Å². The molecule has 8 heteroatoms. The smallest absolute Gasteiger partial charge is 0.322 e. The number of amides is 3. The van der Waals surface area contributed by atoms with Crippen LogP contribution < -0.4 is 10.6 Å². The van der Waals surface area contributed by atoms with Gasteiger partial charge in [0.15, 0.2) is 10.7 Å². The predicted octanol–water partition coefficient (Wildman–Crippen LogP) is 0.915. The minimum Gasteiger partial charge on any atom is -0.354 e. The molecule has 1 fully saturated rings. The van der Waals surface area contributed by atoms with E-state index in [4.69, 9.17) is 0 Å². The number of carbonyl (C=O) groups excluding carboxylic acids is 2. The van der Waals surface area contributed by atoms with Crippen molar-refractivity contribution in [3.63, 3.8) is 0 Å². The second-order valence-corrected chi connectivity index (χ2v) is 4.76. The molecule has 0 spiro atoms. The zero-order chi connectivity index (χ0) is 13.0. The molecule has 0 aliphatic carbocycles. The van der Waals surface area contributed by atoms with Crippen molar-refractivity contribution in [3.05, 3.63) is 5.69 Å². The Kier molecular flexibility index (Phi) is 4.08. The monoisotopic (exact) mass is 269 g/mol. The number of aromatic nitrogens is 2. The zero-order valence-electron chi connectivity index (χ0n) is 10.1. The lowest BCUT2D eigenvalue weighted by atomic mass is 10.1. The number of urea groups is 1. The Hall–Kier alpha value is -1.70. The fraction of sp³-hybridized carbons (Fsp3) is 0.600. The molecule has 0 atom stereocenters. The van der Waals surface area contributed by atoms with Gasteiger partial charge in [-0.2, -0.15) is 0 Å². The number of likely N-dealkylation sites (tertiary alicyclic amines) is 1. The third kappa shape index (κ3) is 2.76. The van der Waals surface area contributed by atoms with Gasteiger partial charge in [-0.3, -0.25) is 10.1 Å². The average Bonchev–Trinajstić information content (AvgIpc) is 2.87. The van der Waals surface area contributed by atoms with Crippen LogP contribution in [0, 0.1) is 0 Å². The third-order valence-electron chi connectivity index (χ3n) is 2.79. The van der Waals surface area contributed by atoms with Gasteiger partial charge in [-0.05, 0) is 19.3 Å². The summed E-state index contributed by atoms with van der Waals surface area (Å²) in [6.07, 6.45) is 3.21. The summed E-state index contributed by atoms with van der Waals surface area (Å²) in [6.45, 7) is 1.51. The maximum atomic E-state index is 12.0. The Morgan fingerprint density at radius 2 is 2.00 bits per heavy atom. The van der Waals surface area contributed by atoms with Gasteiger partial charge >= 0.3 is 6.03 Å². The molecule has 1 saturated heterocycles. The first kappa shape index (κ1) is 12.7. The summed E-state index contributed by atoms with van der Waals surface area (Å²) >= 11 is 1.01. The average molecular weight is 269 g/mol. The Morgan fingerprint density at radius 1 is 1.28 bits per heavy atom. The summed E-state index contributed by atoms with van der Waals surface area (Å²) in [6, 6.07) is -0.189. The molecule has 3 amide bonds. The van der Waals surface area contributed by atoms with Crippen LogP contribution in [0.4, 0.5) is 9.80 Å². The Balaban J connectivity index is 2.02. The van der Waals surface area contributed by atoms with Crippen LogP contribution in [0.25, 0.3) is 0 Å². The van der Waals surface area contributed by atoms with Crippen LogP contribution in [0.2, 0.25) is 0 Å². The Labute approximate surface area is 109 Å². The van der Waals surface area contributed by atoms with Crippen LogP contribution in [0.5, 0.6) is 0 Å². The maximum Gasteiger partial charge on any atom is 0.322 e. The second-order valence-electron chi connectivity index (χ2n) is 4.01. The van der Waals surface area contributed by atoms with Crippen molar-refractivity contribution in [2.24, 2.45) is 0 Å². The lowest BCUT2D eigenvalue weighted by molar-refractivity contribution is 0.0959. The number of piperidine rings is 1. The van der Waals surface area contributed by atoms with Crippen molar-refractivity contribution in [3.8, 4) is 0 Å². The Bertz CT molecular complexity index is 441. The SMILES string of the molecule is CNC(=O)c1nnsc1NC(=O)N1CCCCC1. The molecule has 0 unspecified atom stereocenters. The molecule has 1 aliphatic rings. The van der Waals surface area contributed by atoms with E-state index in [0.717, 1.165) is 43.9 Å². The van der Waals surface area contributed by atoms with E-state index in [0.29, 0.717) is 5.00 Å². The van der Waals surface area contributed by atoms with Crippen LogP contribution in [0.15, 0.2) is 0 Å². The number of nitrogens with zero attached hydrogens (tertiary/aromatic N) is 3. The highest BCUT2D eigenvalue weighted by atomic mass is 32.1. The van der Waals surface area contributed by atoms with Crippen molar-refractivity contribution < 1.29 is 9.59 Å². The van der Waals surface area contributed by atoms with Crippen LogP contribution in [-0.4, -0.2) is 46.6 Å². The predicted molar refractivity (Wildman–Crippen MR) is 67.7 cm³/mol. The number of hydrogen-bond donors (Lipinski definition) is 2. The van der Waals surface area contributed by atoms with Gasteiger partial charge in [0, 0.05) is 31.7 Å². The molecular weight excluding hydrogens is 254 g/mol. The minimum atomic E-state index is -0.349. The molecule has 0 aromatic carbocycles. The number of hydrogen-bond acceptors (Lipinski definition) is 5. The lowest BCUT2D eigenvalue weighted by Crippen LogP contribution is -2.38. The van der Waals surface area contributed by atoms with Gasteiger partial charge in [-0.25, -0.2) is 4.79 Å². The van der Waals surface area contributed by atoms with Crippen LogP contribution >= 0.6 is 11.5 Å². The topological polar surface area (TPSA) is 87.2 Å². The molecule has 1 aromatic heterocycles. The van der Waals surface area contributed by atoms with Gasteiger partial charge in [0.1, 0.15) is 0 Å². The summed E-state index contributed by atoms with van der Waals surface area (Å²) in [5, 5.41) is 9.26. The van der Waals surface area contributed by atoms with Gasteiger partial charge < -0.3 is 10.2 Å². The lowest BCUT2D eigenvalue weighted by Gasteiger charge is -2.26. The molecule has 2 rings (SSSR count). The molecule has 0 saturated carbocycles. The maximum absolute atomic E-state index is 12.0. The van der Waals surface area contributed by atoms with E-state index in [9.17, 15) is 9.59 Å². The van der Waals surface area contributed by atoms with E-state index in [1.54, 1.807) is 4.90 Å². The molecule has 7 nitrogen and oxygen atoms in total. The van der Waals surface area contributed by atoms with Gasteiger partial charge in [-0.1, -0.05) is 4.49 Å². The van der Waals surface area contributed by atoms with Gasteiger partial charge in [0.05, 0.1) is 0 Å². The van der Waals surface area contributed by atoms with Gasteiger partial charge in [-0.15, -0.1) is 5.10 Å². The molecule has 2 N–H and O–H groups in total. The number of carbonyl (C=O) groups is 2. The van der Waals surface area contributed by atoms with Crippen LogP contribution in [0.1, 0.15) is 29.8 Å². The normalized spacial score (nSPS) is 15.3. The summed E-state index contributed by atoms with van der Waals surface area (Å²) in [7, 11) is 1.51. The highest BCUT2D eigenvalue weighted by Gasteiger charge is 2.21. The summed E-state index contributed by atoms with van der Waals surface area (Å²) in [4.78, 5) is 25.2. The molecule has 0 radical (unpaired) electrons. The summed E-state index contributed by atoms with van der Waals surface area (Å²) in [5.74, 6) is -0.349. The summed E-state index contributed by atoms with van der Waals surface area (Å²) < 4.78 is 3.69. The van der Waals surface area contributed by atoms with Gasteiger partial charge in [0.25, 0.3) is 5.91 Å². The first-order valence-electron chi connectivity index (χ1n) is 5.82. The van der Waals surface area contributed by atoms with Crippen molar-refractivity contribution in [1.82, 2.24) is 19.8 Å². The van der Waals surface area contributed by atoms with E-state index in [2.05, 4.69) is 20.2 Å². The Morgan fingerprint density at radius 3 is 2.67 bits per heavy atom. The van der Waals surface area contributed by atoms with Gasteiger partial charge in [0.2, 0.25) is 0 Å². The van der Waals surface area contributed by atoms with E-state index >= 15 is 0 Å². The van der Waals surface area contributed by atoms with Crippen molar-refractivity contribution in [2.45, 2.75) is 19.3 Å². The molecule has 1 aliphatic heterocycles. The first-order chi connectivity index (χ1) is 8.72. The fourth-order valence-electron chi connectivity index (χ4n) is 1.81. The molecule has 1 aromatic rings. The fourth-order valence-corrected chi connectivity index (χ4v) is 2.37. The van der Waals surface area contributed by atoms with Crippen LogP contribution in [-0.2, 0) is 0 Å². The molecule has 0 bridgehead atoms. The van der Waals surface area contributed by atoms with Crippen LogP contribution in [0.3, 0.4) is 0 Å². The first-order valence-corrected chi connectivity index (χ1v) is 6.60. The quantitative estimate of drug-likeness (QED) is 0.835. The van der Waals surface area contributed by atoms with Crippen molar-refractivity contribution in [1.29, 1.82) is 0 Å². The largest absolute Gasteiger partial charge is 0.354 e. The highest BCUT2D eigenvalue weighted by molar-refractivity contribution is 7.10. The number of nitrogens with one attached hydrogen (secondary N) is 2. The molecule has 18 heavy (non-hydrogen) atoms. The molecule has 98 valence electrons. The number of rotatable bonds is 2. The third-order valence-corrected chi connectivity index (χ3v) is 3.44. The molecule has 2 heterocycles. The molecular formula is C10H15N5O2S. The van der Waals surface area contributed by atoms with Crippen molar-refractivity contribution in [2.75, 3.05) is 25.5 Å². The number of anilines is 1. The van der Waals surface area contributed by atoms with E-state index in [-0.39, 0.29) is 17.6 Å². The summed E-state index contributed by atoms with van der Waals surface area (Å²) in [5.41, 5.74) is 0.160. The highest BCUT2D eigenvalue weighted by Crippen LogP contribution is 2.19. The van der Waals surface area contributed by atoms with E-state index in [1.165, 1.54) is 7.05 Å². The van der Waals surface area contributed by atoms with E-state index < -0.39 is 0 Å². The minimum absolute atomic E-state index is 0.160. The zero-order valence-corrected chi connectivity index (χ0v) is 10.9. The second kappa shape index (κ2) is 5.76. The van der Waals surface area contributed by atoms with Crippen molar-refractivity contribution >= 4 is 28.5 Å². The standard InChI is InChI=1S/C10H15N5O2S/c1-11-8(16)7-9(18-14-13-7)12-10(17)15-5-3-2-4-6-15/h2-6H2,1H3,(H,11,16)(H,12,17).